The number of pyridine rings is 1. The molecular weight excluding hydrogens is 350 g/mol. The molecule has 1 amide bonds. The number of nitrogens with two attached hydrogens (primary N) is 1. The molecule has 3 N–H and O–H groups in total. The number of anilines is 1. The molecule has 136 valence electrons. The summed E-state index contributed by atoms with van der Waals surface area (Å²) in [6.45, 7) is 5.46. The van der Waals surface area contributed by atoms with Crippen LogP contribution in [0.1, 0.15) is 44.4 Å². The van der Waals surface area contributed by atoms with Crippen molar-refractivity contribution in [3.63, 3.8) is 0 Å². The first-order chi connectivity index (χ1) is 12.2. The summed E-state index contributed by atoms with van der Waals surface area (Å²) in [4.78, 5) is 16.1. The average molecular weight is 372 g/mol. The minimum absolute atomic E-state index is 0.269. The molecule has 1 heterocycles. The van der Waals surface area contributed by atoms with E-state index in [-0.39, 0.29) is 11.9 Å². The number of aromatic nitrogens is 1. The highest BCUT2D eigenvalue weighted by atomic mass is 35.5. The summed E-state index contributed by atoms with van der Waals surface area (Å²) < 4.78 is 5.34. The van der Waals surface area contributed by atoms with Crippen LogP contribution in [-0.4, -0.2) is 16.7 Å². The van der Waals surface area contributed by atoms with Crippen molar-refractivity contribution < 1.29 is 9.53 Å². The van der Waals surface area contributed by atoms with E-state index in [2.05, 4.69) is 22.1 Å². The topological polar surface area (TPSA) is 77.2 Å². The summed E-state index contributed by atoms with van der Waals surface area (Å²) in [5.41, 5.74) is 6.63. The molecular formula is C20H22ClN3O2. The van der Waals surface area contributed by atoms with Crippen LogP contribution in [0.2, 0.25) is 5.02 Å². The third-order valence-electron chi connectivity index (χ3n) is 3.30. The average Bonchev–Trinajstić information content (AvgIpc) is 2.56. The molecule has 5 nitrogen and oxygen atoms in total. The number of halogens is 1. The number of carbonyl (C=O) groups is 1. The molecule has 0 aliphatic rings. The van der Waals surface area contributed by atoms with Crippen molar-refractivity contribution in [1.29, 1.82) is 0 Å². The van der Waals surface area contributed by atoms with Crippen molar-refractivity contribution in [2.45, 2.75) is 38.8 Å². The van der Waals surface area contributed by atoms with Gasteiger partial charge in [-0.25, -0.2) is 9.78 Å². The van der Waals surface area contributed by atoms with Gasteiger partial charge in [0.1, 0.15) is 11.4 Å². The van der Waals surface area contributed by atoms with Gasteiger partial charge in [-0.2, -0.15) is 0 Å². The Balaban J connectivity index is 2.13. The lowest BCUT2D eigenvalue weighted by atomic mass is 10.0. The first-order valence-electron chi connectivity index (χ1n) is 8.19. The monoisotopic (exact) mass is 371 g/mol. The maximum Gasteiger partial charge on any atom is 0.408 e. The third-order valence-corrected chi connectivity index (χ3v) is 3.60. The van der Waals surface area contributed by atoms with E-state index in [0.29, 0.717) is 17.0 Å². The van der Waals surface area contributed by atoms with Crippen LogP contribution in [-0.2, 0) is 4.74 Å². The first kappa shape index (κ1) is 19.6. The van der Waals surface area contributed by atoms with E-state index < -0.39 is 11.7 Å². The smallest absolute Gasteiger partial charge is 0.408 e. The van der Waals surface area contributed by atoms with Crippen LogP contribution in [0, 0.1) is 11.8 Å². The van der Waals surface area contributed by atoms with E-state index in [9.17, 15) is 4.79 Å². The lowest BCUT2D eigenvalue weighted by Crippen LogP contribution is -2.34. The number of benzene rings is 1. The Morgan fingerprint density at radius 2 is 2.04 bits per heavy atom. The fourth-order valence-electron chi connectivity index (χ4n) is 2.16. The van der Waals surface area contributed by atoms with E-state index in [1.807, 2.05) is 51.1 Å². The maximum atomic E-state index is 12.1. The number of hydrogen-bond acceptors (Lipinski definition) is 4. The number of alkyl carbamates (subject to hydrolysis) is 1. The number of amides is 1. The van der Waals surface area contributed by atoms with Crippen LogP contribution in [0.5, 0.6) is 0 Å². The van der Waals surface area contributed by atoms with Crippen molar-refractivity contribution in [2.24, 2.45) is 0 Å². The predicted molar refractivity (Wildman–Crippen MR) is 104 cm³/mol. The van der Waals surface area contributed by atoms with E-state index in [0.717, 1.165) is 5.56 Å². The molecule has 0 spiro atoms. The SMILES string of the molecule is CC(C)(C)OC(=O)N[C@H](CC#Cc1cnc(N)c(Cl)c1)c1ccccc1. The minimum atomic E-state index is -0.566. The summed E-state index contributed by atoms with van der Waals surface area (Å²) in [7, 11) is 0. The molecule has 1 aromatic carbocycles. The summed E-state index contributed by atoms with van der Waals surface area (Å²) in [5.74, 6) is 6.31. The van der Waals surface area contributed by atoms with Gasteiger partial charge >= 0.3 is 6.09 Å². The molecule has 0 radical (unpaired) electrons. The van der Waals surface area contributed by atoms with Crippen molar-refractivity contribution in [3.8, 4) is 11.8 Å². The van der Waals surface area contributed by atoms with Crippen LogP contribution in [0.3, 0.4) is 0 Å². The zero-order chi connectivity index (χ0) is 19.2. The maximum absolute atomic E-state index is 12.1. The summed E-state index contributed by atoms with van der Waals surface area (Å²) in [5, 5.41) is 3.24. The zero-order valence-corrected chi connectivity index (χ0v) is 15.8. The van der Waals surface area contributed by atoms with Gasteiger partial charge in [0.05, 0.1) is 11.1 Å². The van der Waals surface area contributed by atoms with Crippen molar-refractivity contribution in [2.75, 3.05) is 5.73 Å². The highest BCUT2D eigenvalue weighted by Gasteiger charge is 2.20. The fraction of sp³-hybridized carbons (Fsp3) is 0.300. The first-order valence-corrected chi connectivity index (χ1v) is 8.57. The van der Waals surface area contributed by atoms with Gasteiger partial charge in [-0.3, -0.25) is 0 Å². The Hall–Kier alpha value is -2.71. The van der Waals surface area contributed by atoms with E-state index in [4.69, 9.17) is 22.1 Å². The second kappa shape index (κ2) is 8.59. The molecule has 1 atom stereocenters. The van der Waals surface area contributed by atoms with Crippen molar-refractivity contribution in [1.82, 2.24) is 10.3 Å². The second-order valence-electron chi connectivity index (χ2n) is 6.71. The van der Waals surface area contributed by atoms with Crippen LogP contribution < -0.4 is 11.1 Å². The molecule has 2 rings (SSSR count). The summed E-state index contributed by atoms with van der Waals surface area (Å²) in [6.07, 6.45) is 1.49. The van der Waals surface area contributed by atoms with E-state index in [1.165, 1.54) is 0 Å². The van der Waals surface area contributed by atoms with Gasteiger partial charge in [0.25, 0.3) is 0 Å². The van der Waals surface area contributed by atoms with Gasteiger partial charge in [0.2, 0.25) is 0 Å². The normalized spacial score (nSPS) is 11.8. The number of hydrogen-bond donors (Lipinski definition) is 2. The number of rotatable bonds is 3. The lowest BCUT2D eigenvalue weighted by molar-refractivity contribution is 0.0504. The quantitative estimate of drug-likeness (QED) is 0.787. The predicted octanol–water partition coefficient (Wildman–Crippen LogP) is 4.32. The highest BCUT2D eigenvalue weighted by Crippen LogP contribution is 2.18. The molecule has 0 saturated carbocycles. The van der Waals surface area contributed by atoms with Gasteiger partial charge in [0.15, 0.2) is 0 Å². The Kier molecular flexibility index (Phi) is 6.48. The van der Waals surface area contributed by atoms with E-state index in [1.54, 1.807) is 12.3 Å². The van der Waals surface area contributed by atoms with Gasteiger partial charge in [-0.05, 0) is 32.4 Å². The number of nitrogens with zero attached hydrogens (tertiary/aromatic N) is 1. The van der Waals surface area contributed by atoms with Crippen LogP contribution in [0.15, 0.2) is 42.6 Å². The standard InChI is InChI=1S/C20H22ClN3O2/c1-20(2,3)26-19(25)24-17(15-9-5-4-6-10-15)11-7-8-14-12-16(21)18(22)23-13-14/h4-6,9-10,12-13,17H,11H2,1-3H3,(H2,22,23)(H,24,25)/t17-/m1/s1. The molecule has 0 bridgehead atoms. The van der Waals surface area contributed by atoms with E-state index >= 15 is 0 Å². The molecule has 26 heavy (non-hydrogen) atoms. The molecule has 1 aromatic heterocycles. The Morgan fingerprint density at radius 3 is 2.65 bits per heavy atom. The van der Waals surface area contributed by atoms with Crippen LogP contribution in [0.25, 0.3) is 0 Å². The van der Waals surface area contributed by atoms with Gasteiger partial charge in [0, 0.05) is 18.2 Å². The Bertz CT molecular complexity index is 820. The number of carbonyl (C=O) groups excluding carboxylic acids is 1. The van der Waals surface area contributed by atoms with Crippen LogP contribution >= 0.6 is 11.6 Å². The number of nitrogens with one attached hydrogen (secondary N) is 1. The minimum Gasteiger partial charge on any atom is -0.444 e. The molecule has 2 aromatic rings. The molecule has 6 heteroatoms. The van der Waals surface area contributed by atoms with Crippen LogP contribution in [0.4, 0.5) is 10.6 Å². The molecule has 0 saturated heterocycles. The molecule has 0 aliphatic carbocycles. The van der Waals surface area contributed by atoms with Gasteiger partial charge < -0.3 is 15.8 Å². The summed E-state index contributed by atoms with van der Waals surface area (Å²) >= 11 is 5.95. The van der Waals surface area contributed by atoms with Gasteiger partial charge in [-0.15, -0.1) is 0 Å². The highest BCUT2D eigenvalue weighted by molar-refractivity contribution is 6.32. The largest absolute Gasteiger partial charge is 0.444 e. The number of nitrogen functional groups attached to an aromatic ring is 1. The van der Waals surface area contributed by atoms with Gasteiger partial charge in [-0.1, -0.05) is 53.8 Å². The van der Waals surface area contributed by atoms with Crippen molar-refractivity contribution >= 4 is 23.5 Å². The molecule has 0 aliphatic heterocycles. The molecule has 0 unspecified atom stereocenters. The van der Waals surface area contributed by atoms with Crippen molar-refractivity contribution in [3.05, 3.63) is 58.7 Å². The third kappa shape index (κ3) is 6.30. The fourth-order valence-corrected chi connectivity index (χ4v) is 2.33. The summed E-state index contributed by atoms with van der Waals surface area (Å²) in [6, 6.07) is 11.0. The number of ether oxygens (including phenoxy) is 1. The Morgan fingerprint density at radius 1 is 1.35 bits per heavy atom. The zero-order valence-electron chi connectivity index (χ0n) is 15.0. The lowest BCUT2D eigenvalue weighted by Gasteiger charge is -2.23. The molecule has 0 fully saturated rings. The Labute approximate surface area is 158 Å². The second-order valence-corrected chi connectivity index (χ2v) is 7.11.